The fraction of sp³-hybridized carbons (Fsp3) is 0.842. The van der Waals surface area contributed by atoms with Crippen molar-refractivity contribution < 1.29 is 9.47 Å². The summed E-state index contributed by atoms with van der Waals surface area (Å²) in [6.45, 7) is 15.2. The molecule has 0 amide bonds. The summed E-state index contributed by atoms with van der Waals surface area (Å²) in [5.74, 6) is 5.92. The standard InChI is InChI=1S/C38H59NO2/c1-26(24-39-20-8-9-21-39)12-15-34-27(2)36-35(41-34)23-33-31-14-13-29-22-30(40-25-28-10-6-5-7-11-28)16-18-37(29,3)32(31)17-19-38(33,36)4/h5-7,10-11,26-27,29-36H,8-9,12-25H2,1-4H3/t26-,27+,29+,30-,31+,32-,33-,34+,35-,36-,37-,38-/m0/s1. The Hall–Kier alpha value is -0.900. The van der Waals surface area contributed by atoms with Crippen molar-refractivity contribution in [2.24, 2.45) is 52.3 Å². The first-order valence-electron chi connectivity index (χ1n) is 17.9. The van der Waals surface area contributed by atoms with Crippen molar-refractivity contribution in [2.45, 2.75) is 130 Å². The molecule has 3 heteroatoms. The van der Waals surface area contributed by atoms with Gasteiger partial charge < -0.3 is 14.4 Å². The minimum Gasteiger partial charge on any atom is -0.374 e. The minimum absolute atomic E-state index is 0.453. The molecule has 228 valence electrons. The summed E-state index contributed by atoms with van der Waals surface area (Å²) in [6, 6.07) is 10.8. The molecule has 4 aliphatic carbocycles. The first-order chi connectivity index (χ1) is 19.8. The first-order valence-corrected chi connectivity index (χ1v) is 17.9. The van der Waals surface area contributed by atoms with Crippen LogP contribution in [0.1, 0.15) is 110 Å². The summed E-state index contributed by atoms with van der Waals surface area (Å²) in [5.41, 5.74) is 2.34. The first kappa shape index (κ1) is 28.8. The second kappa shape index (κ2) is 11.6. The molecule has 6 fully saturated rings. The van der Waals surface area contributed by atoms with Gasteiger partial charge in [0.2, 0.25) is 0 Å². The Kier molecular flexibility index (Phi) is 8.13. The van der Waals surface area contributed by atoms with E-state index in [1.54, 1.807) is 0 Å². The predicted molar refractivity (Wildman–Crippen MR) is 168 cm³/mol. The molecule has 6 aliphatic rings. The summed E-state index contributed by atoms with van der Waals surface area (Å²) >= 11 is 0. The number of hydrogen-bond acceptors (Lipinski definition) is 3. The zero-order valence-electron chi connectivity index (χ0n) is 26.7. The van der Waals surface area contributed by atoms with Crippen molar-refractivity contribution in [1.29, 1.82) is 0 Å². The van der Waals surface area contributed by atoms with Crippen molar-refractivity contribution in [2.75, 3.05) is 19.6 Å². The van der Waals surface area contributed by atoms with E-state index in [-0.39, 0.29) is 0 Å². The largest absolute Gasteiger partial charge is 0.374 e. The molecular formula is C38H59NO2. The Labute approximate surface area is 251 Å². The van der Waals surface area contributed by atoms with E-state index >= 15 is 0 Å². The van der Waals surface area contributed by atoms with E-state index in [9.17, 15) is 0 Å². The predicted octanol–water partition coefficient (Wildman–Crippen LogP) is 8.76. The fourth-order valence-corrected chi connectivity index (χ4v) is 12.1. The lowest BCUT2D eigenvalue weighted by Gasteiger charge is -2.61. The van der Waals surface area contributed by atoms with Gasteiger partial charge in [-0.3, -0.25) is 0 Å². The number of likely N-dealkylation sites (tertiary alicyclic amines) is 1. The van der Waals surface area contributed by atoms with E-state index in [0.29, 0.717) is 29.1 Å². The number of rotatable bonds is 8. The molecule has 4 saturated carbocycles. The van der Waals surface area contributed by atoms with Gasteiger partial charge in [-0.15, -0.1) is 0 Å². The second-order valence-corrected chi connectivity index (χ2v) is 16.4. The van der Waals surface area contributed by atoms with Crippen LogP contribution in [0.25, 0.3) is 0 Å². The molecule has 1 aromatic carbocycles. The van der Waals surface area contributed by atoms with Crippen LogP contribution >= 0.6 is 0 Å². The maximum atomic E-state index is 7.03. The summed E-state index contributed by atoms with van der Waals surface area (Å²) in [5, 5.41) is 0. The van der Waals surface area contributed by atoms with Gasteiger partial charge >= 0.3 is 0 Å². The summed E-state index contributed by atoms with van der Waals surface area (Å²) in [6.07, 6.45) is 18.0. The average Bonchev–Trinajstić information content (AvgIpc) is 3.67. The zero-order chi connectivity index (χ0) is 28.2. The number of fused-ring (bicyclic) bond motifs is 7. The summed E-state index contributed by atoms with van der Waals surface area (Å²) < 4.78 is 13.5. The van der Waals surface area contributed by atoms with Crippen molar-refractivity contribution in [3.05, 3.63) is 35.9 Å². The van der Waals surface area contributed by atoms with Gasteiger partial charge in [0.1, 0.15) is 0 Å². The fourth-order valence-electron chi connectivity index (χ4n) is 12.1. The molecule has 7 rings (SSSR count). The van der Waals surface area contributed by atoms with Crippen LogP contribution in [0, 0.1) is 52.3 Å². The van der Waals surface area contributed by atoms with Crippen LogP contribution in [0.15, 0.2) is 30.3 Å². The molecule has 0 spiro atoms. The maximum Gasteiger partial charge on any atom is 0.0720 e. The Morgan fingerprint density at radius 3 is 2.54 bits per heavy atom. The molecule has 0 N–H and O–H groups in total. The van der Waals surface area contributed by atoms with E-state index < -0.39 is 0 Å². The Bertz CT molecular complexity index is 1020. The molecule has 0 radical (unpaired) electrons. The van der Waals surface area contributed by atoms with E-state index in [0.717, 1.165) is 48.0 Å². The van der Waals surface area contributed by atoms with Crippen LogP contribution in [0.5, 0.6) is 0 Å². The molecule has 1 aromatic rings. The molecule has 41 heavy (non-hydrogen) atoms. The van der Waals surface area contributed by atoms with E-state index in [1.807, 2.05) is 0 Å². The molecule has 0 unspecified atom stereocenters. The van der Waals surface area contributed by atoms with Crippen LogP contribution in [0.3, 0.4) is 0 Å². The Balaban J connectivity index is 0.958. The van der Waals surface area contributed by atoms with Crippen molar-refractivity contribution >= 4 is 0 Å². The summed E-state index contributed by atoms with van der Waals surface area (Å²) in [4.78, 5) is 2.70. The number of hydrogen-bond donors (Lipinski definition) is 0. The average molecular weight is 562 g/mol. The third-order valence-corrected chi connectivity index (χ3v) is 14.2. The molecule has 2 saturated heterocycles. The van der Waals surface area contributed by atoms with Gasteiger partial charge in [-0.05, 0) is 148 Å². The molecule has 2 heterocycles. The number of ether oxygens (including phenoxy) is 2. The van der Waals surface area contributed by atoms with E-state index in [4.69, 9.17) is 9.47 Å². The quantitative estimate of drug-likeness (QED) is 0.317. The highest BCUT2D eigenvalue weighted by atomic mass is 16.5. The highest BCUT2D eigenvalue weighted by molar-refractivity contribution is 5.15. The third-order valence-electron chi connectivity index (χ3n) is 14.2. The molecule has 2 aliphatic heterocycles. The Morgan fingerprint density at radius 2 is 1.73 bits per heavy atom. The lowest BCUT2D eigenvalue weighted by molar-refractivity contribution is -0.139. The van der Waals surface area contributed by atoms with Gasteiger partial charge in [-0.1, -0.05) is 58.0 Å². The van der Waals surface area contributed by atoms with Gasteiger partial charge in [-0.2, -0.15) is 0 Å². The van der Waals surface area contributed by atoms with Gasteiger partial charge in [-0.25, -0.2) is 0 Å². The Morgan fingerprint density at radius 1 is 0.951 bits per heavy atom. The highest BCUT2D eigenvalue weighted by Crippen LogP contribution is 2.70. The van der Waals surface area contributed by atoms with Crippen LogP contribution in [-0.2, 0) is 16.1 Å². The lowest BCUT2D eigenvalue weighted by Crippen LogP contribution is -2.54. The van der Waals surface area contributed by atoms with Crippen LogP contribution in [-0.4, -0.2) is 42.8 Å². The third kappa shape index (κ3) is 5.27. The highest BCUT2D eigenvalue weighted by Gasteiger charge is 2.65. The lowest BCUT2D eigenvalue weighted by atomic mass is 9.44. The van der Waals surface area contributed by atoms with E-state index in [1.165, 1.54) is 102 Å². The normalized spacial score (nSPS) is 46.5. The van der Waals surface area contributed by atoms with Crippen molar-refractivity contribution in [3.63, 3.8) is 0 Å². The topological polar surface area (TPSA) is 21.7 Å². The minimum atomic E-state index is 0.453. The maximum absolute atomic E-state index is 7.03. The second-order valence-electron chi connectivity index (χ2n) is 16.4. The van der Waals surface area contributed by atoms with Gasteiger partial charge in [0.15, 0.2) is 0 Å². The van der Waals surface area contributed by atoms with Crippen LogP contribution < -0.4 is 0 Å². The SMILES string of the molecule is C[C@@H](CC[C@H]1O[C@H]2C[C@H]3[C@@H]4CC[C@@H]5C[C@@H](OCc6ccccc6)CC[C@]5(C)[C@H]4CC[C@]3(C)[C@H]2[C@@H]1C)CN1CCCC1. The van der Waals surface area contributed by atoms with Gasteiger partial charge in [0, 0.05) is 6.54 Å². The molecular weight excluding hydrogens is 502 g/mol. The number of benzene rings is 1. The number of nitrogens with zero attached hydrogens (tertiary/aromatic N) is 1. The smallest absolute Gasteiger partial charge is 0.0720 e. The zero-order valence-corrected chi connectivity index (χ0v) is 26.7. The molecule has 0 bridgehead atoms. The van der Waals surface area contributed by atoms with E-state index in [2.05, 4.69) is 62.9 Å². The monoisotopic (exact) mass is 561 g/mol. The molecule has 12 atom stereocenters. The van der Waals surface area contributed by atoms with Crippen molar-refractivity contribution in [3.8, 4) is 0 Å². The van der Waals surface area contributed by atoms with Crippen molar-refractivity contribution in [1.82, 2.24) is 4.90 Å². The molecule has 0 aromatic heterocycles. The van der Waals surface area contributed by atoms with Crippen LogP contribution in [0.2, 0.25) is 0 Å². The summed E-state index contributed by atoms with van der Waals surface area (Å²) in [7, 11) is 0. The van der Waals surface area contributed by atoms with Crippen LogP contribution in [0.4, 0.5) is 0 Å². The van der Waals surface area contributed by atoms with Gasteiger partial charge in [0.05, 0.1) is 24.9 Å². The van der Waals surface area contributed by atoms with Gasteiger partial charge in [0.25, 0.3) is 0 Å². The molecule has 3 nitrogen and oxygen atoms in total.